The molecule has 2 rings (SSSR count). The van der Waals surface area contributed by atoms with Gasteiger partial charge in [-0.05, 0) is 0 Å². The van der Waals surface area contributed by atoms with Crippen LogP contribution >= 0.6 is 11.3 Å². The van der Waals surface area contributed by atoms with Gasteiger partial charge in [-0.15, -0.1) is 11.3 Å². The van der Waals surface area contributed by atoms with E-state index >= 15 is 0 Å². The number of esters is 1. The van der Waals surface area contributed by atoms with E-state index in [1.54, 1.807) is 0 Å². The predicted molar refractivity (Wildman–Crippen MR) is 84.1 cm³/mol. The number of aromatic nitrogens is 1. The molecular formula is C11H12N5NaO8S2. The molecule has 0 saturated carbocycles. The van der Waals surface area contributed by atoms with Gasteiger partial charge in [0.15, 0.2) is 27.2 Å². The zero-order valence-corrected chi connectivity index (χ0v) is 17.9. The minimum absolute atomic E-state index is 0. The van der Waals surface area contributed by atoms with Crippen LogP contribution < -0.4 is 40.6 Å². The number of carbonyl (C=O) groups is 3. The number of amides is 2. The van der Waals surface area contributed by atoms with Gasteiger partial charge in [0, 0.05) is 12.3 Å². The van der Waals surface area contributed by atoms with Crippen molar-refractivity contribution in [3.8, 4) is 0 Å². The molecule has 1 aromatic rings. The molecule has 1 saturated heterocycles. The molecule has 0 aliphatic carbocycles. The summed E-state index contributed by atoms with van der Waals surface area (Å²) in [5.41, 5.74) is 5.15. The molecule has 16 heteroatoms. The summed E-state index contributed by atoms with van der Waals surface area (Å²) in [5, 5.41) is 7.13. The molecule has 0 spiro atoms. The largest absolute Gasteiger partial charge is 1.00 e. The van der Waals surface area contributed by atoms with Gasteiger partial charge >= 0.3 is 35.5 Å². The average Bonchev–Trinajstić information content (AvgIpc) is 2.94. The molecule has 3 N–H and O–H groups in total. The van der Waals surface area contributed by atoms with Gasteiger partial charge in [-0.1, -0.05) is 5.16 Å². The molecule has 1 aromatic heterocycles. The Morgan fingerprint density at radius 3 is 2.56 bits per heavy atom. The number of nitrogens with two attached hydrogens (primary N) is 1. The van der Waals surface area contributed by atoms with Crippen LogP contribution in [0.15, 0.2) is 10.5 Å². The summed E-state index contributed by atoms with van der Waals surface area (Å²) in [5.74, 6) is -3.22. The molecule has 0 radical (unpaired) electrons. The summed E-state index contributed by atoms with van der Waals surface area (Å²) in [6, 6.07) is -1.60. The molecule has 0 bridgehead atoms. The Labute approximate surface area is 179 Å². The minimum atomic E-state index is -5.23. The molecule has 142 valence electrons. The number of thiazole rings is 1. The standard InChI is InChI=1S/C11H13N5O8S2.Na/c1-4(17)24-10-7(9(19)16(10)26(20,21)22)14-8(18)6(15-23-2)5-3-25-11(12)13-5;/h3,7,10H,1-2H3,(H2,12,13)(H,14,18)(H,20,21,22);/q;+1/p-1/t7-,10+;/m1./s1. The molecule has 2 amide bonds. The van der Waals surface area contributed by atoms with Crippen LogP contribution in [0.4, 0.5) is 5.13 Å². The van der Waals surface area contributed by atoms with E-state index in [4.69, 9.17) is 5.73 Å². The van der Waals surface area contributed by atoms with Crippen molar-refractivity contribution < 1.29 is 66.5 Å². The van der Waals surface area contributed by atoms with Crippen molar-refractivity contribution in [3.05, 3.63) is 11.1 Å². The number of nitrogens with one attached hydrogen (secondary N) is 1. The van der Waals surface area contributed by atoms with Gasteiger partial charge in [0.25, 0.3) is 11.8 Å². The second-order valence-corrected chi connectivity index (χ2v) is 6.87. The maximum Gasteiger partial charge on any atom is 1.00 e. The van der Waals surface area contributed by atoms with Crippen LogP contribution in [0.3, 0.4) is 0 Å². The Bertz CT molecular complexity index is 885. The summed E-state index contributed by atoms with van der Waals surface area (Å²) >= 11 is 1.01. The van der Waals surface area contributed by atoms with Gasteiger partial charge < -0.3 is 25.2 Å². The van der Waals surface area contributed by atoms with E-state index in [1.807, 2.05) is 0 Å². The Morgan fingerprint density at radius 1 is 1.48 bits per heavy atom. The molecule has 27 heavy (non-hydrogen) atoms. The first-order chi connectivity index (χ1) is 12.1. The fourth-order valence-electron chi connectivity index (χ4n) is 2.00. The van der Waals surface area contributed by atoms with E-state index in [1.165, 1.54) is 5.38 Å². The fraction of sp³-hybridized carbons (Fsp3) is 0.364. The van der Waals surface area contributed by atoms with Crippen molar-refractivity contribution in [2.24, 2.45) is 5.16 Å². The second kappa shape index (κ2) is 8.94. The minimum Gasteiger partial charge on any atom is -0.731 e. The van der Waals surface area contributed by atoms with Crippen LogP contribution in [0, 0.1) is 0 Å². The maximum atomic E-state index is 12.3. The van der Waals surface area contributed by atoms with Gasteiger partial charge in [0.1, 0.15) is 12.8 Å². The Kier molecular flexibility index (Phi) is 7.70. The third-order valence-corrected chi connectivity index (χ3v) is 4.52. The number of hydrogen-bond acceptors (Lipinski definition) is 12. The zero-order chi connectivity index (χ0) is 19.6. The molecule has 2 heterocycles. The molecule has 13 nitrogen and oxygen atoms in total. The van der Waals surface area contributed by atoms with E-state index in [0.717, 1.165) is 25.4 Å². The fourth-order valence-corrected chi connectivity index (χ4v) is 3.30. The number of rotatable bonds is 6. The normalized spacial score (nSPS) is 19.6. The topological polar surface area (TPSA) is 193 Å². The number of oxime groups is 1. The van der Waals surface area contributed by atoms with Gasteiger partial charge in [0.05, 0.1) is 0 Å². The molecule has 1 fully saturated rings. The van der Waals surface area contributed by atoms with Gasteiger partial charge in [-0.3, -0.25) is 14.4 Å². The van der Waals surface area contributed by atoms with Crippen LogP contribution in [0.2, 0.25) is 0 Å². The van der Waals surface area contributed by atoms with Crippen molar-refractivity contribution in [1.29, 1.82) is 0 Å². The number of anilines is 1. The van der Waals surface area contributed by atoms with Gasteiger partial charge in [-0.25, -0.2) is 17.7 Å². The van der Waals surface area contributed by atoms with Gasteiger partial charge in [0.2, 0.25) is 6.23 Å². The van der Waals surface area contributed by atoms with Crippen molar-refractivity contribution in [2.75, 3.05) is 12.8 Å². The SMILES string of the molecule is CON=C(C(=O)N[C@@H]1C(=O)N(S(=O)(=O)[O-])[C@H]1OC(C)=O)c1csc(N)n1.[Na+]. The summed E-state index contributed by atoms with van der Waals surface area (Å²) < 4.78 is 37.7. The monoisotopic (exact) mass is 429 g/mol. The van der Waals surface area contributed by atoms with Crippen molar-refractivity contribution in [1.82, 2.24) is 14.6 Å². The first-order valence-electron chi connectivity index (χ1n) is 6.66. The number of β-lactam (4-membered cyclic amide) rings is 1. The van der Waals surface area contributed by atoms with Crippen LogP contribution in [0.1, 0.15) is 12.6 Å². The third kappa shape index (κ3) is 5.14. The summed E-state index contributed by atoms with van der Waals surface area (Å²) in [4.78, 5) is 43.7. The Morgan fingerprint density at radius 2 is 2.11 bits per heavy atom. The smallest absolute Gasteiger partial charge is 0.731 e. The van der Waals surface area contributed by atoms with Crippen LogP contribution in [0.25, 0.3) is 0 Å². The molecular weight excluding hydrogens is 417 g/mol. The number of carbonyl (C=O) groups excluding carboxylic acids is 3. The first kappa shape index (κ1) is 23.3. The summed E-state index contributed by atoms with van der Waals surface area (Å²) in [6.07, 6.45) is -1.81. The quantitative estimate of drug-likeness (QED) is 0.110. The Balaban J connectivity index is 0.00000364. The first-order valence-corrected chi connectivity index (χ1v) is 8.90. The van der Waals surface area contributed by atoms with Gasteiger partial charge in [-0.2, -0.15) is 0 Å². The predicted octanol–water partition coefficient (Wildman–Crippen LogP) is -5.24. The molecule has 1 aliphatic heterocycles. The average molecular weight is 429 g/mol. The third-order valence-electron chi connectivity index (χ3n) is 2.98. The molecule has 1 aliphatic rings. The summed E-state index contributed by atoms with van der Waals surface area (Å²) in [6.45, 7) is 0.938. The van der Waals surface area contributed by atoms with E-state index in [2.05, 4.69) is 25.0 Å². The summed E-state index contributed by atoms with van der Waals surface area (Å²) in [7, 11) is -4.08. The van der Waals surface area contributed by atoms with Crippen LogP contribution in [-0.4, -0.2) is 65.1 Å². The van der Waals surface area contributed by atoms with E-state index in [-0.39, 0.29) is 50.4 Å². The maximum absolute atomic E-state index is 12.3. The second-order valence-electron chi connectivity index (χ2n) is 4.74. The van der Waals surface area contributed by atoms with E-state index < -0.39 is 40.4 Å². The molecule has 2 atom stereocenters. The van der Waals surface area contributed by atoms with E-state index in [9.17, 15) is 27.4 Å². The number of hydrogen-bond donors (Lipinski definition) is 2. The number of nitrogen functional groups attached to an aromatic ring is 1. The van der Waals surface area contributed by atoms with E-state index in [0.29, 0.717) is 0 Å². The molecule has 0 aromatic carbocycles. The van der Waals surface area contributed by atoms with Crippen LogP contribution in [0.5, 0.6) is 0 Å². The van der Waals surface area contributed by atoms with Crippen LogP contribution in [-0.2, 0) is 34.3 Å². The number of nitrogens with zero attached hydrogens (tertiary/aromatic N) is 3. The number of ether oxygens (including phenoxy) is 1. The van der Waals surface area contributed by atoms with Crippen molar-refractivity contribution in [2.45, 2.75) is 19.2 Å². The van der Waals surface area contributed by atoms with Crippen molar-refractivity contribution in [3.63, 3.8) is 0 Å². The molecule has 0 unspecified atom stereocenters. The van der Waals surface area contributed by atoms with Crippen molar-refractivity contribution >= 4 is 50.3 Å². The Hall–Kier alpha value is -1.78. The zero-order valence-electron chi connectivity index (χ0n) is 14.2.